The van der Waals surface area contributed by atoms with Gasteiger partial charge in [0.25, 0.3) is 0 Å². The maximum Gasteiger partial charge on any atom is 0.213 e. The van der Waals surface area contributed by atoms with E-state index >= 15 is 0 Å². The summed E-state index contributed by atoms with van der Waals surface area (Å²) >= 11 is 0. The molecule has 1 atom stereocenters. The number of nitrogens with zero attached hydrogens (tertiary/aromatic N) is 1. The van der Waals surface area contributed by atoms with Crippen molar-refractivity contribution in [2.75, 3.05) is 0 Å². The molecule has 0 N–H and O–H groups in total. The Morgan fingerprint density at radius 2 is 2.05 bits per heavy atom. The minimum absolute atomic E-state index is 0.0654. The van der Waals surface area contributed by atoms with Crippen LogP contribution in [0.4, 0.5) is 0 Å². The van der Waals surface area contributed by atoms with Crippen molar-refractivity contribution in [2.45, 2.75) is 19.1 Å². The lowest BCUT2D eigenvalue weighted by atomic mass is 10.0. The molecule has 106 valence electrons. The number of allylic oxidation sites excluding steroid dienone is 1. The fourth-order valence-electron chi connectivity index (χ4n) is 2.10. The fraction of sp³-hybridized carbons (Fsp3) is 0.176. The zero-order valence-electron chi connectivity index (χ0n) is 11.4. The van der Waals surface area contributed by atoms with Crippen molar-refractivity contribution in [2.24, 2.45) is 0 Å². The summed E-state index contributed by atoms with van der Waals surface area (Å²) in [5.41, 5.74) is 1.97. The van der Waals surface area contributed by atoms with E-state index in [9.17, 15) is 4.79 Å². The van der Waals surface area contributed by atoms with Crippen molar-refractivity contribution in [3.8, 4) is 5.88 Å². The van der Waals surface area contributed by atoms with Crippen LogP contribution in [0.2, 0.25) is 0 Å². The van der Waals surface area contributed by atoms with Crippen molar-refractivity contribution in [3.05, 3.63) is 72.1 Å². The number of rotatable bonds is 4. The first-order valence-electron chi connectivity index (χ1n) is 6.79. The van der Waals surface area contributed by atoms with Gasteiger partial charge in [-0.15, -0.1) is 0 Å². The van der Waals surface area contributed by atoms with E-state index in [1.165, 1.54) is 12.3 Å². The number of hydrogen-bond acceptors (Lipinski definition) is 4. The van der Waals surface area contributed by atoms with Crippen LogP contribution in [0.5, 0.6) is 5.88 Å². The fourth-order valence-corrected chi connectivity index (χ4v) is 2.10. The lowest BCUT2D eigenvalue weighted by Gasteiger charge is -2.18. The Labute approximate surface area is 123 Å². The van der Waals surface area contributed by atoms with Crippen LogP contribution in [0, 0.1) is 0 Å². The van der Waals surface area contributed by atoms with Crippen LogP contribution < -0.4 is 4.74 Å². The number of carbonyl (C=O) groups is 1. The summed E-state index contributed by atoms with van der Waals surface area (Å²) < 4.78 is 11.0. The third-order valence-electron chi connectivity index (χ3n) is 3.24. The summed E-state index contributed by atoms with van der Waals surface area (Å²) in [6, 6.07) is 13.6. The molecule has 4 nitrogen and oxygen atoms in total. The van der Waals surface area contributed by atoms with Gasteiger partial charge in [0.05, 0.1) is 12.7 Å². The van der Waals surface area contributed by atoms with Gasteiger partial charge in [0.1, 0.15) is 12.7 Å². The molecule has 0 aliphatic carbocycles. The molecule has 0 fully saturated rings. The summed E-state index contributed by atoms with van der Waals surface area (Å²) in [4.78, 5) is 15.6. The average Bonchev–Trinajstić information content (AvgIpc) is 2.54. The van der Waals surface area contributed by atoms with Crippen molar-refractivity contribution in [3.63, 3.8) is 0 Å². The number of benzene rings is 1. The van der Waals surface area contributed by atoms with Crippen LogP contribution in [0.25, 0.3) is 0 Å². The highest BCUT2D eigenvalue weighted by atomic mass is 16.5. The van der Waals surface area contributed by atoms with Gasteiger partial charge in [-0.25, -0.2) is 4.98 Å². The monoisotopic (exact) mass is 281 g/mol. The van der Waals surface area contributed by atoms with E-state index in [0.717, 1.165) is 11.1 Å². The number of ether oxygens (including phenoxy) is 2. The Morgan fingerprint density at radius 3 is 2.76 bits per heavy atom. The highest BCUT2D eigenvalue weighted by molar-refractivity contribution is 5.90. The molecule has 0 unspecified atom stereocenters. The zero-order valence-corrected chi connectivity index (χ0v) is 11.4. The summed E-state index contributed by atoms with van der Waals surface area (Å²) in [6.45, 7) is 0.480. The van der Waals surface area contributed by atoms with Gasteiger partial charge in [-0.3, -0.25) is 4.79 Å². The highest BCUT2D eigenvalue weighted by Gasteiger charge is 2.19. The molecule has 4 heteroatoms. The van der Waals surface area contributed by atoms with E-state index in [4.69, 9.17) is 9.47 Å². The van der Waals surface area contributed by atoms with E-state index in [1.54, 1.807) is 12.3 Å². The van der Waals surface area contributed by atoms with Crippen LogP contribution in [0.1, 0.15) is 23.7 Å². The van der Waals surface area contributed by atoms with Gasteiger partial charge in [0.2, 0.25) is 5.88 Å². The van der Waals surface area contributed by atoms with Gasteiger partial charge in [-0.1, -0.05) is 30.3 Å². The van der Waals surface area contributed by atoms with Crippen LogP contribution in [-0.2, 0) is 16.1 Å². The molecule has 0 radical (unpaired) electrons. The lowest BCUT2D eigenvalue weighted by Crippen LogP contribution is -2.11. The lowest BCUT2D eigenvalue weighted by molar-refractivity contribution is -0.118. The van der Waals surface area contributed by atoms with E-state index < -0.39 is 0 Å². The molecule has 1 aliphatic heterocycles. The Balaban J connectivity index is 1.62. The first-order chi connectivity index (χ1) is 10.3. The second-order valence-corrected chi connectivity index (χ2v) is 4.80. The molecule has 2 heterocycles. The van der Waals surface area contributed by atoms with Crippen molar-refractivity contribution < 1.29 is 14.3 Å². The smallest absolute Gasteiger partial charge is 0.213 e. The molecular weight excluding hydrogens is 266 g/mol. The third kappa shape index (κ3) is 3.48. The van der Waals surface area contributed by atoms with Gasteiger partial charge >= 0.3 is 0 Å². The maximum absolute atomic E-state index is 11.4. The number of aromatic nitrogens is 1. The summed E-state index contributed by atoms with van der Waals surface area (Å²) in [5.74, 6) is 0.621. The summed E-state index contributed by atoms with van der Waals surface area (Å²) in [6.07, 6.45) is 4.68. The standard InChI is InChI=1S/C17H15NO3/c19-15-8-9-20-16(10-15)14-6-7-17(18-11-14)21-12-13-4-2-1-3-5-13/h1-9,11,16H,10,12H2/t16-/m1/s1. The minimum Gasteiger partial charge on any atom is -0.493 e. The second kappa shape index (κ2) is 6.22. The summed E-state index contributed by atoms with van der Waals surface area (Å²) in [7, 11) is 0. The normalized spacial score (nSPS) is 17.3. The Kier molecular flexibility index (Phi) is 3.96. The van der Waals surface area contributed by atoms with E-state index in [-0.39, 0.29) is 11.9 Å². The van der Waals surface area contributed by atoms with Gasteiger partial charge in [-0.2, -0.15) is 0 Å². The third-order valence-corrected chi connectivity index (χ3v) is 3.24. The molecule has 3 rings (SSSR count). The Bertz CT molecular complexity index is 635. The Hall–Kier alpha value is -2.62. The molecule has 0 spiro atoms. The first kappa shape index (κ1) is 13.4. The van der Waals surface area contributed by atoms with Crippen molar-refractivity contribution >= 4 is 5.78 Å². The molecule has 1 aliphatic rings. The SMILES string of the molecule is O=C1C=CO[C@@H](c2ccc(OCc3ccccc3)nc2)C1. The minimum atomic E-state index is -0.252. The van der Waals surface area contributed by atoms with Crippen LogP contribution in [0.3, 0.4) is 0 Å². The molecule has 0 bridgehead atoms. The van der Waals surface area contributed by atoms with Gasteiger partial charge in [0, 0.05) is 23.9 Å². The largest absolute Gasteiger partial charge is 0.493 e. The van der Waals surface area contributed by atoms with Gasteiger partial charge in [0.15, 0.2) is 5.78 Å². The quantitative estimate of drug-likeness (QED) is 0.863. The summed E-state index contributed by atoms with van der Waals surface area (Å²) in [5, 5.41) is 0. The van der Waals surface area contributed by atoms with Gasteiger partial charge < -0.3 is 9.47 Å². The number of hydrogen-bond donors (Lipinski definition) is 0. The first-order valence-corrected chi connectivity index (χ1v) is 6.79. The maximum atomic E-state index is 11.4. The van der Waals surface area contributed by atoms with Crippen molar-refractivity contribution in [1.29, 1.82) is 0 Å². The molecule has 0 saturated heterocycles. The topological polar surface area (TPSA) is 48.4 Å². The number of carbonyl (C=O) groups excluding carboxylic acids is 1. The predicted octanol–water partition coefficient (Wildman–Crippen LogP) is 3.20. The molecule has 0 amide bonds. The van der Waals surface area contributed by atoms with Gasteiger partial charge in [-0.05, 0) is 11.6 Å². The molecule has 1 aromatic carbocycles. The molecule has 21 heavy (non-hydrogen) atoms. The predicted molar refractivity (Wildman–Crippen MR) is 77.6 cm³/mol. The zero-order chi connectivity index (χ0) is 14.5. The number of pyridine rings is 1. The molecule has 1 aromatic heterocycles. The molecule has 2 aromatic rings. The second-order valence-electron chi connectivity index (χ2n) is 4.80. The van der Waals surface area contributed by atoms with E-state index in [1.807, 2.05) is 36.4 Å². The molecular formula is C17H15NO3. The van der Waals surface area contributed by atoms with Crippen LogP contribution >= 0.6 is 0 Å². The number of ketones is 1. The van der Waals surface area contributed by atoms with Crippen LogP contribution in [-0.4, -0.2) is 10.8 Å². The highest BCUT2D eigenvalue weighted by Crippen LogP contribution is 2.25. The van der Waals surface area contributed by atoms with E-state index in [0.29, 0.717) is 18.9 Å². The van der Waals surface area contributed by atoms with Crippen LogP contribution in [0.15, 0.2) is 61.0 Å². The van der Waals surface area contributed by atoms with E-state index in [2.05, 4.69) is 4.98 Å². The average molecular weight is 281 g/mol. The molecule has 0 saturated carbocycles. The van der Waals surface area contributed by atoms with Crippen molar-refractivity contribution in [1.82, 2.24) is 4.98 Å². The Morgan fingerprint density at radius 1 is 1.19 bits per heavy atom.